The summed E-state index contributed by atoms with van der Waals surface area (Å²) in [6, 6.07) is 7.58. The Labute approximate surface area is 128 Å². The van der Waals surface area contributed by atoms with E-state index in [9.17, 15) is 9.59 Å². The highest BCUT2D eigenvalue weighted by Crippen LogP contribution is 2.19. The van der Waals surface area contributed by atoms with Crippen molar-refractivity contribution in [3.63, 3.8) is 0 Å². The van der Waals surface area contributed by atoms with Gasteiger partial charge in [-0.2, -0.15) is 0 Å². The standard InChI is InChI=1S/C16H16N4O2/c21-15(19-12-5-6-12)9-11-1-3-13(4-2-11)20-16(22)14-10-17-7-8-18-14/h1-4,7-8,10,12H,5-6,9H2,(H,19,21)(H,20,22). The smallest absolute Gasteiger partial charge is 0.275 e. The van der Waals surface area contributed by atoms with Crippen molar-refractivity contribution >= 4 is 17.5 Å². The first-order valence-electron chi connectivity index (χ1n) is 7.16. The number of rotatable bonds is 5. The zero-order chi connectivity index (χ0) is 15.4. The van der Waals surface area contributed by atoms with Crippen LogP contribution in [0.3, 0.4) is 0 Å². The van der Waals surface area contributed by atoms with Crippen molar-refractivity contribution in [3.05, 3.63) is 54.1 Å². The molecule has 0 unspecified atom stereocenters. The Balaban J connectivity index is 1.56. The number of amides is 2. The molecule has 1 fully saturated rings. The van der Waals surface area contributed by atoms with Gasteiger partial charge in [-0.05, 0) is 30.5 Å². The van der Waals surface area contributed by atoms with Crippen molar-refractivity contribution in [3.8, 4) is 0 Å². The van der Waals surface area contributed by atoms with Crippen LogP contribution in [0.2, 0.25) is 0 Å². The maximum atomic E-state index is 11.9. The second-order valence-electron chi connectivity index (χ2n) is 5.26. The van der Waals surface area contributed by atoms with E-state index in [1.165, 1.54) is 18.6 Å². The maximum Gasteiger partial charge on any atom is 0.275 e. The van der Waals surface area contributed by atoms with Crippen molar-refractivity contribution in [1.29, 1.82) is 0 Å². The Morgan fingerprint density at radius 2 is 1.91 bits per heavy atom. The van der Waals surface area contributed by atoms with Crippen LogP contribution in [-0.2, 0) is 11.2 Å². The number of nitrogens with one attached hydrogen (secondary N) is 2. The Hall–Kier alpha value is -2.76. The van der Waals surface area contributed by atoms with Gasteiger partial charge in [-0.1, -0.05) is 12.1 Å². The molecule has 6 heteroatoms. The normalized spacial score (nSPS) is 13.5. The lowest BCUT2D eigenvalue weighted by Gasteiger charge is -2.06. The molecule has 1 aliphatic rings. The van der Waals surface area contributed by atoms with Crippen molar-refractivity contribution in [2.45, 2.75) is 25.3 Å². The molecule has 1 aliphatic carbocycles. The van der Waals surface area contributed by atoms with Gasteiger partial charge in [0.15, 0.2) is 0 Å². The van der Waals surface area contributed by atoms with Crippen LogP contribution in [0.15, 0.2) is 42.9 Å². The predicted molar refractivity (Wildman–Crippen MR) is 81.3 cm³/mol. The number of nitrogens with zero attached hydrogens (tertiary/aromatic N) is 2. The zero-order valence-electron chi connectivity index (χ0n) is 12.0. The van der Waals surface area contributed by atoms with Crippen LogP contribution >= 0.6 is 0 Å². The lowest BCUT2D eigenvalue weighted by Crippen LogP contribution is -2.26. The second-order valence-corrected chi connectivity index (χ2v) is 5.26. The summed E-state index contributed by atoms with van der Waals surface area (Å²) >= 11 is 0. The molecule has 22 heavy (non-hydrogen) atoms. The lowest BCUT2D eigenvalue weighted by atomic mass is 10.1. The van der Waals surface area contributed by atoms with E-state index in [4.69, 9.17) is 0 Å². The summed E-state index contributed by atoms with van der Waals surface area (Å²) in [4.78, 5) is 31.4. The molecular weight excluding hydrogens is 280 g/mol. The van der Waals surface area contributed by atoms with Gasteiger partial charge in [0.25, 0.3) is 5.91 Å². The van der Waals surface area contributed by atoms with Gasteiger partial charge in [-0.15, -0.1) is 0 Å². The summed E-state index contributed by atoms with van der Waals surface area (Å²) in [5, 5.41) is 5.69. The average molecular weight is 296 g/mol. The van der Waals surface area contributed by atoms with Gasteiger partial charge in [-0.3, -0.25) is 14.6 Å². The number of benzene rings is 1. The number of hydrogen-bond donors (Lipinski definition) is 2. The SMILES string of the molecule is O=C(Cc1ccc(NC(=O)c2cnccn2)cc1)NC1CC1. The van der Waals surface area contributed by atoms with Crippen LogP contribution in [0.5, 0.6) is 0 Å². The molecule has 1 saturated carbocycles. The van der Waals surface area contributed by atoms with E-state index >= 15 is 0 Å². The first-order chi connectivity index (χ1) is 10.7. The third-order valence-electron chi connectivity index (χ3n) is 3.31. The lowest BCUT2D eigenvalue weighted by molar-refractivity contribution is -0.120. The van der Waals surface area contributed by atoms with Gasteiger partial charge in [0.1, 0.15) is 5.69 Å². The molecule has 0 atom stereocenters. The molecule has 1 aromatic heterocycles. The monoisotopic (exact) mass is 296 g/mol. The molecular formula is C16H16N4O2. The Kier molecular flexibility index (Phi) is 4.09. The van der Waals surface area contributed by atoms with Gasteiger partial charge < -0.3 is 10.6 Å². The minimum absolute atomic E-state index is 0.0406. The van der Waals surface area contributed by atoms with E-state index in [0.717, 1.165) is 18.4 Å². The van der Waals surface area contributed by atoms with Crippen LogP contribution < -0.4 is 10.6 Å². The highest BCUT2D eigenvalue weighted by atomic mass is 16.2. The number of anilines is 1. The molecule has 0 spiro atoms. The number of hydrogen-bond acceptors (Lipinski definition) is 4. The molecule has 0 bridgehead atoms. The molecule has 0 aliphatic heterocycles. The first kappa shape index (κ1) is 14.2. The zero-order valence-corrected chi connectivity index (χ0v) is 12.0. The minimum Gasteiger partial charge on any atom is -0.353 e. The van der Waals surface area contributed by atoms with Gasteiger partial charge in [0.2, 0.25) is 5.91 Å². The summed E-state index contributed by atoms with van der Waals surface area (Å²) in [7, 11) is 0. The summed E-state index contributed by atoms with van der Waals surface area (Å²) < 4.78 is 0. The van der Waals surface area contributed by atoms with E-state index in [-0.39, 0.29) is 17.5 Å². The van der Waals surface area contributed by atoms with E-state index in [1.54, 1.807) is 12.1 Å². The van der Waals surface area contributed by atoms with Gasteiger partial charge in [0, 0.05) is 24.1 Å². The van der Waals surface area contributed by atoms with Crippen LogP contribution in [0.25, 0.3) is 0 Å². The molecule has 2 amide bonds. The fraction of sp³-hybridized carbons (Fsp3) is 0.250. The first-order valence-corrected chi connectivity index (χ1v) is 7.16. The van der Waals surface area contributed by atoms with Crippen LogP contribution in [0, 0.1) is 0 Å². The molecule has 0 radical (unpaired) electrons. The Morgan fingerprint density at radius 1 is 1.14 bits per heavy atom. The van der Waals surface area contributed by atoms with Crippen LogP contribution in [0.4, 0.5) is 5.69 Å². The van der Waals surface area contributed by atoms with Crippen LogP contribution in [-0.4, -0.2) is 27.8 Å². The Bertz CT molecular complexity index is 666. The van der Waals surface area contributed by atoms with Crippen LogP contribution in [0.1, 0.15) is 28.9 Å². The third kappa shape index (κ3) is 3.88. The second kappa shape index (κ2) is 6.34. The molecule has 2 aromatic rings. The highest BCUT2D eigenvalue weighted by molar-refractivity contribution is 6.02. The van der Waals surface area contributed by atoms with Gasteiger partial charge >= 0.3 is 0 Å². The topological polar surface area (TPSA) is 84.0 Å². The van der Waals surface area contributed by atoms with Crippen molar-refractivity contribution in [2.24, 2.45) is 0 Å². The molecule has 0 saturated heterocycles. The van der Waals surface area contributed by atoms with Crippen molar-refractivity contribution in [2.75, 3.05) is 5.32 Å². The summed E-state index contributed by atoms with van der Waals surface area (Å²) in [5.41, 5.74) is 1.83. The Morgan fingerprint density at radius 3 is 2.55 bits per heavy atom. The number of carbonyl (C=O) groups is 2. The van der Waals surface area contributed by atoms with Crippen molar-refractivity contribution < 1.29 is 9.59 Å². The molecule has 3 rings (SSSR count). The summed E-state index contributed by atoms with van der Waals surface area (Å²) in [6.07, 6.45) is 6.91. The average Bonchev–Trinajstić information content (AvgIpc) is 3.34. The van der Waals surface area contributed by atoms with E-state index in [0.29, 0.717) is 18.2 Å². The fourth-order valence-electron chi connectivity index (χ4n) is 2.01. The molecule has 1 heterocycles. The van der Waals surface area contributed by atoms with Gasteiger partial charge in [0.05, 0.1) is 12.6 Å². The predicted octanol–water partition coefficient (Wildman–Crippen LogP) is 1.55. The quantitative estimate of drug-likeness (QED) is 0.877. The maximum absolute atomic E-state index is 11.9. The summed E-state index contributed by atoms with van der Waals surface area (Å²) in [6.45, 7) is 0. The molecule has 112 valence electrons. The molecule has 1 aromatic carbocycles. The molecule has 2 N–H and O–H groups in total. The van der Waals surface area contributed by atoms with E-state index in [1.807, 2.05) is 12.1 Å². The number of carbonyl (C=O) groups excluding carboxylic acids is 2. The largest absolute Gasteiger partial charge is 0.353 e. The van der Waals surface area contributed by atoms with Gasteiger partial charge in [-0.25, -0.2) is 4.98 Å². The third-order valence-corrected chi connectivity index (χ3v) is 3.31. The van der Waals surface area contributed by atoms with E-state index in [2.05, 4.69) is 20.6 Å². The summed E-state index contributed by atoms with van der Waals surface area (Å²) in [5.74, 6) is -0.272. The molecule has 6 nitrogen and oxygen atoms in total. The van der Waals surface area contributed by atoms with Crippen molar-refractivity contribution in [1.82, 2.24) is 15.3 Å². The highest BCUT2D eigenvalue weighted by Gasteiger charge is 2.23. The fourth-order valence-corrected chi connectivity index (χ4v) is 2.01. The number of aromatic nitrogens is 2. The minimum atomic E-state index is -0.313. The van der Waals surface area contributed by atoms with E-state index < -0.39 is 0 Å².